The van der Waals surface area contributed by atoms with E-state index in [9.17, 15) is 9.59 Å². The first kappa shape index (κ1) is 12.5. The lowest BCUT2D eigenvalue weighted by molar-refractivity contribution is -0.178. The van der Waals surface area contributed by atoms with Gasteiger partial charge in [0, 0.05) is 5.57 Å². The Morgan fingerprint density at radius 2 is 2.06 bits per heavy atom. The van der Waals surface area contributed by atoms with Crippen LogP contribution < -0.4 is 0 Å². The van der Waals surface area contributed by atoms with Crippen LogP contribution in [0.4, 0.5) is 4.79 Å². The summed E-state index contributed by atoms with van der Waals surface area (Å²) in [5, 5.41) is 0. The number of hydrogen-bond donors (Lipinski definition) is 0. The Morgan fingerprint density at radius 3 is 2.50 bits per heavy atom. The molecule has 5 heteroatoms. The van der Waals surface area contributed by atoms with Crippen molar-refractivity contribution in [2.24, 2.45) is 0 Å². The Hall–Kier alpha value is -1.52. The molecule has 1 heterocycles. The first-order valence-corrected chi connectivity index (χ1v) is 5.19. The van der Waals surface area contributed by atoms with Crippen molar-refractivity contribution in [2.75, 3.05) is 13.2 Å². The fourth-order valence-electron chi connectivity index (χ4n) is 1.19. The van der Waals surface area contributed by atoms with E-state index >= 15 is 0 Å². The van der Waals surface area contributed by atoms with Gasteiger partial charge in [0.25, 0.3) is 0 Å². The molecule has 0 aromatic heterocycles. The molecule has 5 nitrogen and oxygen atoms in total. The van der Waals surface area contributed by atoms with E-state index in [0.717, 1.165) is 0 Å². The van der Waals surface area contributed by atoms with Crippen molar-refractivity contribution in [2.45, 2.75) is 32.8 Å². The van der Waals surface area contributed by atoms with Crippen LogP contribution in [-0.4, -0.2) is 30.9 Å². The maximum atomic E-state index is 11.6. The third-order valence-corrected chi connectivity index (χ3v) is 2.61. The molecule has 0 atom stereocenters. The molecule has 16 heavy (non-hydrogen) atoms. The van der Waals surface area contributed by atoms with Crippen LogP contribution in [0.3, 0.4) is 0 Å². The highest BCUT2D eigenvalue weighted by molar-refractivity contribution is 5.88. The summed E-state index contributed by atoms with van der Waals surface area (Å²) in [6.45, 7) is 5.37. The Balaban J connectivity index is 2.68. The molecule has 1 rings (SSSR count). The Bertz CT molecular complexity index is 308. The lowest BCUT2D eigenvalue weighted by atomic mass is 10.0. The molecule has 0 bridgehead atoms. The summed E-state index contributed by atoms with van der Waals surface area (Å²) in [7, 11) is 0. The molecule has 1 saturated heterocycles. The quantitative estimate of drug-likeness (QED) is 0.544. The molecule has 0 amide bonds. The van der Waals surface area contributed by atoms with E-state index in [-0.39, 0.29) is 13.2 Å². The van der Waals surface area contributed by atoms with Crippen molar-refractivity contribution in [3.05, 3.63) is 11.6 Å². The topological polar surface area (TPSA) is 61.8 Å². The lowest BCUT2D eigenvalue weighted by Crippen LogP contribution is -2.48. The van der Waals surface area contributed by atoms with Gasteiger partial charge in [-0.1, -0.05) is 13.0 Å². The third kappa shape index (κ3) is 2.74. The minimum absolute atomic E-state index is 0.0467. The van der Waals surface area contributed by atoms with E-state index in [1.54, 1.807) is 19.9 Å². The molecule has 0 aromatic rings. The van der Waals surface area contributed by atoms with Crippen LogP contribution in [0.2, 0.25) is 0 Å². The summed E-state index contributed by atoms with van der Waals surface area (Å²) in [5.74, 6) is -0.411. The van der Waals surface area contributed by atoms with Crippen LogP contribution in [0.25, 0.3) is 0 Å². The van der Waals surface area contributed by atoms with Crippen molar-refractivity contribution in [3.63, 3.8) is 0 Å². The second-order valence-corrected chi connectivity index (χ2v) is 3.73. The third-order valence-electron chi connectivity index (χ3n) is 2.61. The van der Waals surface area contributed by atoms with Crippen molar-refractivity contribution in [1.29, 1.82) is 0 Å². The second kappa shape index (κ2) is 5.01. The molecule has 0 spiro atoms. The van der Waals surface area contributed by atoms with Gasteiger partial charge in [0.1, 0.15) is 13.2 Å². The summed E-state index contributed by atoms with van der Waals surface area (Å²) in [6, 6.07) is 0. The van der Waals surface area contributed by atoms with Gasteiger partial charge in [0.05, 0.1) is 0 Å². The van der Waals surface area contributed by atoms with E-state index < -0.39 is 17.7 Å². The van der Waals surface area contributed by atoms with Crippen LogP contribution in [-0.2, 0) is 19.0 Å². The van der Waals surface area contributed by atoms with Crippen LogP contribution >= 0.6 is 0 Å². The average molecular weight is 228 g/mol. The van der Waals surface area contributed by atoms with Crippen molar-refractivity contribution in [3.8, 4) is 0 Å². The number of rotatable bonds is 3. The largest absolute Gasteiger partial charge is 0.508 e. The Kier molecular flexibility index (Phi) is 3.93. The van der Waals surface area contributed by atoms with E-state index in [2.05, 4.69) is 0 Å². The zero-order valence-corrected chi connectivity index (χ0v) is 9.74. The standard InChI is InChI=1S/C11H16O5/c1-4-8(3)9(12)16-11(5-2)6-14-10(13)15-7-11/h4H,5-7H2,1-3H3. The number of ether oxygens (including phenoxy) is 3. The van der Waals surface area contributed by atoms with Gasteiger partial charge in [-0.25, -0.2) is 9.59 Å². The van der Waals surface area contributed by atoms with Gasteiger partial charge < -0.3 is 14.2 Å². The summed E-state index contributed by atoms with van der Waals surface area (Å²) in [4.78, 5) is 22.3. The first-order chi connectivity index (χ1) is 7.53. The monoisotopic (exact) mass is 228 g/mol. The zero-order chi connectivity index (χ0) is 12.2. The van der Waals surface area contributed by atoms with Gasteiger partial charge in [-0.2, -0.15) is 0 Å². The van der Waals surface area contributed by atoms with Crippen molar-refractivity contribution >= 4 is 12.1 Å². The number of carbonyl (C=O) groups excluding carboxylic acids is 2. The normalized spacial score (nSPS) is 19.7. The van der Waals surface area contributed by atoms with E-state index in [1.807, 2.05) is 6.92 Å². The van der Waals surface area contributed by atoms with Gasteiger partial charge in [-0.3, -0.25) is 0 Å². The van der Waals surface area contributed by atoms with Gasteiger partial charge >= 0.3 is 12.1 Å². The molecule has 0 saturated carbocycles. The Morgan fingerprint density at radius 1 is 1.50 bits per heavy atom. The molecule has 1 fully saturated rings. The predicted octanol–water partition coefficient (Wildman–Crippen LogP) is 1.81. The molecule has 0 aromatic carbocycles. The predicted molar refractivity (Wildman–Crippen MR) is 55.8 cm³/mol. The number of allylic oxidation sites excluding steroid dienone is 1. The van der Waals surface area contributed by atoms with Gasteiger partial charge in [-0.05, 0) is 20.3 Å². The molecule has 1 aliphatic rings. The molecule has 90 valence electrons. The van der Waals surface area contributed by atoms with Crippen LogP contribution in [0, 0.1) is 0 Å². The summed E-state index contributed by atoms with van der Waals surface area (Å²) >= 11 is 0. The highest BCUT2D eigenvalue weighted by Gasteiger charge is 2.40. The zero-order valence-electron chi connectivity index (χ0n) is 9.74. The molecule has 0 unspecified atom stereocenters. The highest BCUT2D eigenvalue weighted by atomic mass is 16.8. The van der Waals surface area contributed by atoms with E-state index in [1.165, 1.54) is 0 Å². The maximum absolute atomic E-state index is 11.6. The summed E-state index contributed by atoms with van der Waals surface area (Å²) < 4.78 is 14.8. The molecular weight excluding hydrogens is 212 g/mol. The summed E-state index contributed by atoms with van der Waals surface area (Å²) in [6.07, 6.45) is 1.48. The number of carbonyl (C=O) groups is 2. The number of esters is 1. The van der Waals surface area contributed by atoms with Crippen molar-refractivity contribution in [1.82, 2.24) is 0 Å². The summed E-state index contributed by atoms with van der Waals surface area (Å²) in [5.41, 5.74) is -0.334. The van der Waals surface area contributed by atoms with Gasteiger partial charge in [0.2, 0.25) is 0 Å². The molecule has 0 N–H and O–H groups in total. The molecular formula is C11H16O5. The van der Waals surface area contributed by atoms with E-state index in [0.29, 0.717) is 12.0 Å². The molecule has 0 aliphatic carbocycles. The molecule has 1 aliphatic heterocycles. The van der Waals surface area contributed by atoms with Gasteiger partial charge in [0.15, 0.2) is 5.60 Å². The first-order valence-electron chi connectivity index (χ1n) is 5.19. The fraction of sp³-hybridized carbons (Fsp3) is 0.636. The van der Waals surface area contributed by atoms with Crippen LogP contribution in [0.1, 0.15) is 27.2 Å². The minimum Gasteiger partial charge on any atom is -0.448 e. The van der Waals surface area contributed by atoms with Crippen molar-refractivity contribution < 1.29 is 23.8 Å². The number of cyclic esters (lactones) is 2. The Labute approximate surface area is 94.4 Å². The van der Waals surface area contributed by atoms with E-state index in [4.69, 9.17) is 14.2 Å². The highest BCUT2D eigenvalue weighted by Crippen LogP contribution is 2.23. The smallest absolute Gasteiger partial charge is 0.448 e. The maximum Gasteiger partial charge on any atom is 0.508 e. The number of hydrogen-bond acceptors (Lipinski definition) is 5. The SMILES string of the molecule is CC=C(C)C(=O)OC1(CC)COC(=O)OC1. The second-order valence-electron chi connectivity index (χ2n) is 3.73. The van der Waals surface area contributed by atoms with Crippen LogP contribution in [0.15, 0.2) is 11.6 Å². The van der Waals surface area contributed by atoms with Gasteiger partial charge in [-0.15, -0.1) is 0 Å². The average Bonchev–Trinajstić information content (AvgIpc) is 2.31. The van der Waals surface area contributed by atoms with Crippen LogP contribution in [0.5, 0.6) is 0 Å². The minimum atomic E-state index is -0.852. The lowest BCUT2D eigenvalue weighted by Gasteiger charge is -2.34. The fourth-order valence-corrected chi connectivity index (χ4v) is 1.19. The molecule has 0 radical (unpaired) electrons.